The van der Waals surface area contributed by atoms with Crippen molar-refractivity contribution in [3.05, 3.63) is 21.9 Å². The minimum atomic E-state index is -0.224. The van der Waals surface area contributed by atoms with Crippen LogP contribution in [0.3, 0.4) is 0 Å². The molecule has 0 spiro atoms. The molecule has 1 aliphatic rings. The molecule has 2 rings (SSSR count). The second-order valence-electron chi connectivity index (χ2n) is 3.96. The molecule has 4 heteroatoms. The third kappa shape index (κ3) is 2.21. The van der Waals surface area contributed by atoms with Crippen molar-refractivity contribution >= 4 is 17.2 Å². The first-order chi connectivity index (χ1) is 7.18. The van der Waals surface area contributed by atoms with Crippen molar-refractivity contribution < 1.29 is 9.90 Å². The van der Waals surface area contributed by atoms with Gasteiger partial charge in [-0.3, -0.25) is 4.79 Å². The Hall–Kier alpha value is -0.870. The van der Waals surface area contributed by atoms with Crippen LogP contribution in [0.25, 0.3) is 0 Å². The fourth-order valence-corrected chi connectivity index (χ4v) is 2.70. The molecular weight excluding hydrogens is 210 g/mol. The molecule has 0 unspecified atom stereocenters. The van der Waals surface area contributed by atoms with Gasteiger partial charge in [0.15, 0.2) is 0 Å². The number of amides is 1. The van der Waals surface area contributed by atoms with Crippen LogP contribution in [0.4, 0.5) is 0 Å². The molecule has 0 aliphatic carbocycles. The lowest BCUT2D eigenvalue weighted by molar-refractivity contribution is 0.0550. The Morgan fingerprint density at radius 1 is 1.53 bits per heavy atom. The van der Waals surface area contributed by atoms with E-state index in [9.17, 15) is 9.90 Å². The first kappa shape index (κ1) is 10.6. The van der Waals surface area contributed by atoms with Crippen LogP contribution in [-0.4, -0.2) is 35.1 Å². The zero-order valence-corrected chi connectivity index (χ0v) is 9.59. The smallest absolute Gasteiger partial charge is 0.264 e. The third-order valence-corrected chi connectivity index (χ3v) is 3.81. The van der Waals surface area contributed by atoms with Crippen molar-refractivity contribution in [2.24, 2.45) is 0 Å². The van der Waals surface area contributed by atoms with E-state index in [2.05, 4.69) is 0 Å². The molecule has 0 saturated carbocycles. The van der Waals surface area contributed by atoms with E-state index < -0.39 is 0 Å². The van der Waals surface area contributed by atoms with E-state index in [4.69, 9.17) is 0 Å². The van der Waals surface area contributed by atoms with Crippen molar-refractivity contribution in [1.29, 1.82) is 0 Å². The Kier molecular flexibility index (Phi) is 3.07. The maximum Gasteiger partial charge on any atom is 0.264 e. The first-order valence-corrected chi connectivity index (χ1v) is 6.08. The lowest BCUT2D eigenvalue weighted by Crippen LogP contribution is -2.39. The number of hydrogen-bond donors (Lipinski definition) is 1. The van der Waals surface area contributed by atoms with Crippen molar-refractivity contribution in [3.63, 3.8) is 0 Å². The highest BCUT2D eigenvalue weighted by Gasteiger charge is 2.23. The Bertz CT molecular complexity index is 353. The number of nitrogens with zero attached hydrogens (tertiary/aromatic N) is 1. The van der Waals surface area contributed by atoms with Gasteiger partial charge in [0.25, 0.3) is 5.91 Å². The predicted molar refractivity (Wildman–Crippen MR) is 60.2 cm³/mol. The molecule has 1 aromatic heterocycles. The minimum Gasteiger partial charge on any atom is -0.393 e. The molecule has 0 atom stereocenters. The topological polar surface area (TPSA) is 40.5 Å². The van der Waals surface area contributed by atoms with Gasteiger partial charge < -0.3 is 10.0 Å². The van der Waals surface area contributed by atoms with Gasteiger partial charge in [0.05, 0.1) is 11.0 Å². The van der Waals surface area contributed by atoms with Gasteiger partial charge in [0, 0.05) is 13.1 Å². The lowest BCUT2D eigenvalue weighted by Gasteiger charge is -2.29. The van der Waals surface area contributed by atoms with Gasteiger partial charge >= 0.3 is 0 Å². The predicted octanol–water partition coefficient (Wildman–Crippen LogP) is 1.65. The van der Waals surface area contributed by atoms with Crippen molar-refractivity contribution in [2.45, 2.75) is 25.9 Å². The molecule has 1 N–H and O–H groups in total. The summed E-state index contributed by atoms with van der Waals surface area (Å²) < 4.78 is 0. The van der Waals surface area contributed by atoms with Crippen LogP contribution < -0.4 is 0 Å². The van der Waals surface area contributed by atoms with Crippen molar-refractivity contribution in [3.8, 4) is 0 Å². The summed E-state index contributed by atoms with van der Waals surface area (Å²) in [5, 5.41) is 11.3. The molecular formula is C11H15NO2S. The van der Waals surface area contributed by atoms with Crippen molar-refractivity contribution in [2.75, 3.05) is 13.1 Å². The van der Waals surface area contributed by atoms with E-state index in [1.165, 1.54) is 11.3 Å². The largest absolute Gasteiger partial charge is 0.393 e. The number of carbonyl (C=O) groups is 1. The Labute approximate surface area is 93.3 Å². The number of carbonyl (C=O) groups excluding carboxylic acids is 1. The number of aliphatic hydroxyl groups is 1. The molecule has 1 saturated heterocycles. The lowest BCUT2D eigenvalue weighted by atomic mass is 10.1. The Balaban J connectivity index is 2.06. The van der Waals surface area contributed by atoms with Crippen LogP contribution in [0.2, 0.25) is 0 Å². The fraction of sp³-hybridized carbons (Fsp3) is 0.545. The molecule has 1 amide bonds. The number of likely N-dealkylation sites (tertiary alicyclic amines) is 1. The van der Waals surface area contributed by atoms with Gasteiger partial charge in [0.1, 0.15) is 0 Å². The standard InChI is InChI=1S/C11H15NO2S/c1-8-4-7-15-10(8)11(14)12-5-2-9(13)3-6-12/h4,7,9,13H,2-3,5-6H2,1H3. The Morgan fingerprint density at radius 3 is 2.73 bits per heavy atom. The molecule has 1 aliphatic heterocycles. The summed E-state index contributed by atoms with van der Waals surface area (Å²) in [5.41, 5.74) is 1.05. The van der Waals surface area contributed by atoms with Gasteiger partial charge in [0.2, 0.25) is 0 Å². The average molecular weight is 225 g/mol. The molecule has 2 heterocycles. The number of aliphatic hydroxyl groups excluding tert-OH is 1. The molecule has 15 heavy (non-hydrogen) atoms. The van der Waals surface area contributed by atoms with Gasteiger partial charge in [-0.15, -0.1) is 11.3 Å². The molecule has 0 radical (unpaired) electrons. The molecule has 1 fully saturated rings. The second-order valence-corrected chi connectivity index (χ2v) is 4.87. The highest BCUT2D eigenvalue weighted by molar-refractivity contribution is 7.12. The maximum atomic E-state index is 12.0. The van der Waals surface area contributed by atoms with Crippen LogP contribution in [0.15, 0.2) is 11.4 Å². The minimum absolute atomic E-state index is 0.120. The molecule has 82 valence electrons. The zero-order chi connectivity index (χ0) is 10.8. The van der Waals surface area contributed by atoms with Crippen LogP contribution in [-0.2, 0) is 0 Å². The molecule has 0 bridgehead atoms. The summed E-state index contributed by atoms with van der Waals surface area (Å²) >= 11 is 1.50. The third-order valence-electron chi connectivity index (χ3n) is 2.81. The summed E-state index contributed by atoms with van der Waals surface area (Å²) in [6.45, 7) is 3.32. The first-order valence-electron chi connectivity index (χ1n) is 5.20. The second kappa shape index (κ2) is 4.33. The van der Waals surface area contributed by atoms with Crippen LogP contribution in [0.1, 0.15) is 28.1 Å². The highest BCUT2D eigenvalue weighted by Crippen LogP contribution is 2.20. The van der Waals surface area contributed by atoms with Crippen LogP contribution >= 0.6 is 11.3 Å². The van der Waals surface area contributed by atoms with E-state index in [1.807, 2.05) is 23.3 Å². The summed E-state index contributed by atoms with van der Waals surface area (Å²) in [6.07, 6.45) is 1.19. The summed E-state index contributed by atoms with van der Waals surface area (Å²) in [7, 11) is 0. The summed E-state index contributed by atoms with van der Waals surface area (Å²) in [4.78, 5) is 14.7. The van der Waals surface area contributed by atoms with Gasteiger partial charge in [-0.25, -0.2) is 0 Å². The SMILES string of the molecule is Cc1ccsc1C(=O)N1CCC(O)CC1. The number of thiophene rings is 1. The van der Waals surface area contributed by atoms with Gasteiger partial charge in [-0.2, -0.15) is 0 Å². The van der Waals surface area contributed by atoms with Crippen LogP contribution in [0.5, 0.6) is 0 Å². The van der Waals surface area contributed by atoms with Gasteiger partial charge in [-0.1, -0.05) is 0 Å². The fourth-order valence-electron chi connectivity index (χ4n) is 1.80. The molecule has 3 nitrogen and oxygen atoms in total. The summed E-state index contributed by atoms with van der Waals surface area (Å²) in [5.74, 6) is 0.120. The Morgan fingerprint density at radius 2 is 2.20 bits per heavy atom. The average Bonchev–Trinajstić information content (AvgIpc) is 2.65. The quantitative estimate of drug-likeness (QED) is 0.789. The molecule has 1 aromatic rings. The number of piperidine rings is 1. The highest BCUT2D eigenvalue weighted by atomic mass is 32.1. The summed E-state index contributed by atoms with van der Waals surface area (Å²) in [6, 6.07) is 1.97. The van der Waals surface area contributed by atoms with E-state index in [0.29, 0.717) is 25.9 Å². The normalized spacial score (nSPS) is 18.1. The number of hydrogen-bond acceptors (Lipinski definition) is 3. The molecule has 0 aromatic carbocycles. The van der Waals surface area contributed by atoms with E-state index >= 15 is 0 Å². The monoisotopic (exact) mass is 225 g/mol. The van der Waals surface area contributed by atoms with E-state index in [-0.39, 0.29) is 12.0 Å². The van der Waals surface area contributed by atoms with Crippen LogP contribution in [0, 0.1) is 6.92 Å². The number of aryl methyl sites for hydroxylation is 1. The van der Waals surface area contributed by atoms with E-state index in [1.54, 1.807) is 0 Å². The number of rotatable bonds is 1. The van der Waals surface area contributed by atoms with E-state index in [0.717, 1.165) is 10.4 Å². The zero-order valence-electron chi connectivity index (χ0n) is 8.77. The van der Waals surface area contributed by atoms with Crippen molar-refractivity contribution in [1.82, 2.24) is 4.90 Å². The maximum absolute atomic E-state index is 12.0. The van der Waals surface area contributed by atoms with Gasteiger partial charge in [-0.05, 0) is 36.8 Å².